The minimum atomic E-state index is 0.233. The Bertz CT molecular complexity index is 472. The predicted molar refractivity (Wildman–Crippen MR) is 95.5 cm³/mol. The van der Waals surface area contributed by atoms with Gasteiger partial charge in [-0.1, -0.05) is 19.1 Å². The molecule has 2 nitrogen and oxygen atoms in total. The number of ether oxygens (including phenoxy) is 1. The number of nitrogens with one attached hydrogen (secondary N) is 1. The van der Waals surface area contributed by atoms with Crippen LogP contribution in [0.3, 0.4) is 0 Å². The molecule has 2 atom stereocenters. The van der Waals surface area contributed by atoms with Gasteiger partial charge in [-0.25, -0.2) is 0 Å². The van der Waals surface area contributed by atoms with Gasteiger partial charge in [0.25, 0.3) is 0 Å². The van der Waals surface area contributed by atoms with Gasteiger partial charge in [0.2, 0.25) is 0 Å². The fourth-order valence-corrected chi connectivity index (χ4v) is 4.39. The molecule has 116 valence electrons. The van der Waals surface area contributed by atoms with Gasteiger partial charge < -0.3 is 10.1 Å². The molecule has 2 fully saturated rings. The van der Waals surface area contributed by atoms with Crippen LogP contribution in [-0.2, 0) is 4.74 Å². The minimum absolute atomic E-state index is 0.233. The maximum Gasteiger partial charge on any atom is 0.0686 e. The summed E-state index contributed by atoms with van der Waals surface area (Å²) in [5.41, 5.74) is 1.69. The Morgan fingerprint density at radius 1 is 1.43 bits per heavy atom. The second kappa shape index (κ2) is 6.97. The smallest absolute Gasteiger partial charge is 0.0686 e. The summed E-state index contributed by atoms with van der Waals surface area (Å²) in [5, 5.41) is 3.81. The summed E-state index contributed by atoms with van der Waals surface area (Å²) in [5.74, 6) is 0.712. The van der Waals surface area contributed by atoms with Crippen molar-refractivity contribution in [1.29, 1.82) is 0 Å². The molecule has 0 radical (unpaired) electrons. The molecule has 0 aromatic heterocycles. The lowest BCUT2D eigenvalue weighted by Gasteiger charge is -2.49. The first-order chi connectivity index (χ1) is 10.2. The van der Waals surface area contributed by atoms with Crippen molar-refractivity contribution in [2.24, 2.45) is 5.92 Å². The Balaban J connectivity index is 1.77. The number of hydrogen-bond donors (Lipinski definition) is 1. The summed E-state index contributed by atoms with van der Waals surface area (Å²) in [6, 6.07) is 9.49. The van der Waals surface area contributed by atoms with E-state index >= 15 is 0 Å². The summed E-state index contributed by atoms with van der Waals surface area (Å²) in [6.07, 6.45) is 7.51. The fraction of sp³-hybridized carbons (Fsp3) is 0.667. The number of hydrogen-bond acceptors (Lipinski definition) is 2. The summed E-state index contributed by atoms with van der Waals surface area (Å²) in [4.78, 5) is 0. The topological polar surface area (TPSA) is 21.3 Å². The SMILES string of the molecule is CCCNC(c1cccc(I)c1)C1CCOC2(CCC2)C1. The zero-order valence-corrected chi connectivity index (χ0v) is 15.1. The molecule has 0 bridgehead atoms. The predicted octanol–water partition coefficient (Wildman–Crippen LogP) is 4.68. The van der Waals surface area contributed by atoms with Crippen LogP contribution in [0.2, 0.25) is 0 Å². The number of halogens is 1. The first-order valence-electron chi connectivity index (χ1n) is 8.35. The molecule has 3 rings (SSSR count). The van der Waals surface area contributed by atoms with Crippen molar-refractivity contribution in [2.75, 3.05) is 13.2 Å². The van der Waals surface area contributed by atoms with E-state index in [9.17, 15) is 0 Å². The van der Waals surface area contributed by atoms with E-state index in [-0.39, 0.29) is 5.60 Å². The Morgan fingerprint density at radius 3 is 2.95 bits per heavy atom. The van der Waals surface area contributed by atoms with E-state index in [1.807, 2.05) is 0 Å². The van der Waals surface area contributed by atoms with Crippen LogP contribution in [0.15, 0.2) is 24.3 Å². The van der Waals surface area contributed by atoms with Gasteiger partial charge in [0.15, 0.2) is 0 Å². The van der Waals surface area contributed by atoms with Crippen LogP contribution in [-0.4, -0.2) is 18.8 Å². The van der Waals surface area contributed by atoms with Crippen LogP contribution in [0.5, 0.6) is 0 Å². The van der Waals surface area contributed by atoms with E-state index in [2.05, 4.69) is 59.1 Å². The molecule has 1 aromatic rings. The highest BCUT2D eigenvalue weighted by atomic mass is 127. The quantitative estimate of drug-likeness (QED) is 0.726. The van der Waals surface area contributed by atoms with Crippen molar-refractivity contribution in [3.63, 3.8) is 0 Å². The molecule has 3 heteroatoms. The molecule has 0 amide bonds. The first-order valence-corrected chi connectivity index (χ1v) is 9.43. The Morgan fingerprint density at radius 2 is 2.29 bits per heavy atom. The maximum absolute atomic E-state index is 6.12. The van der Waals surface area contributed by atoms with Gasteiger partial charge in [-0.15, -0.1) is 0 Å². The summed E-state index contributed by atoms with van der Waals surface area (Å²) < 4.78 is 7.45. The largest absolute Gasteiger partial charge is 0.375 e. The van der Waals surface area contributed by atoms with Crippen LogP contribution < -0.4 is 5.32 Å². The second-order valence-corrected chi connectivity index (χ2v) is 7.87. The average Bonchev–Trinajstić information content (AvgIpc) is 2.46. The molecule has 21 heavy (non-hydrogen) atoms. The first kappa shape index (κ1) is 15.8. The zero-order chi connectivity index (χ0) is 14.7. The molecule has 1 aliphatic heterocycles. The highest BCUT2D eigenvalue weighted by molar-refractivity contribution is 14.1. The van der Waals surface area contributed by atoms with E-state index in [1.54, 1.807) is 0 Å². The third kappa shape index (κ3) is 3.62. The summed E-state index contributed by atoms with van der Waals surface area (Å²) in [6.45, 7) is 4.29. The van der Waals surface area contributed by atoms with Crippen molar-refractivity contribution in [3.05, 3.63) is 33.4 Å². The van der Waals surface area contributed by atoms with Crippen LogP contribution in [0.4, 0.5) is 0 Å². The molecule has 2 aliphatic rings. The van der Waals surface area contributed by atoms with Crippen LogP contribution >= 0.6 is 22.6 Å². The Kier molecular flexibility index (Phi) is 5.23. The van der Waals surface area contributed by atoms with Crippen LogP contribution in [0, 0.1) is 9.49 Å². The molecule has 1 saturated heterocycles. The van der Waals surface area contributed by atoms with Crippen molar-refractivity contribution < 1.29 is 4.74 Å². The summed E-state index contributed by atoms with van der Waals surface area (Å²) in [7, 11) is 0. The van der Waals surface area contributed by atoms with Crippen molar-refractivity contribution in [3.8, 4) is 0 Å². The van der Waals surface area contributed by atoms with Crippen LogP contribution in [0.1, 0.15) is 57.1 Å². The van der Waals surface area contributed by atoms with Crippen LogP contribution in [0.25, 0.3) is 0 Å². The molecule has 1 saturated carbocycles. The lowest BCUT2D eigenvalue weighted by Crippen LogP contribution is -2.48. The summed E-state index contributed by atoms with van der Waals surface area (Å²) >= 11 is 2.42. The van der Waals surface area contributed by atoms with Gasteiger partial charge in [-0.2, -0.15) is 0 Å². The standard InChI is InChI=1S/C18H26INO/c1-2-10-20-17(14-5-3-6-16(19)12-14)15-7-11-21-18(13-15)8-4-9-18/h3,5-6,12,15,17,20H,2,4,7-11,13H2,1H3. The van der Waals surface area contributed by atoms with E-state index in [1.165, 1.54) is 47.7 Å². The minimum Gasteiger partial charge on any atom is -0.375 e. The van der Waals surface area contributed by atoms with Gasteiger partial charge in [0.1, 0.15) is 0 Å². The Hall–Kier alpha value is -0.130. The molecule has 1 N–H and O–H groups in total. The van der Waals surface area contributed by atoms with E-state index in [0.29, 0.717) is 12.0 Å². The normalized spacial score (nSPS) is 25.5. The van der Waals surface area contributed by atoms with Crippen molar-refractivity contribution in [2.45, 2.75) is 57.1 Å². The molecular weight excluding hydrogens is 373 g/mol. The van der Waals surface area contributed by atoms with Gasteiger partial charge in [0.05, 0.1) is 5.60 Å². The lowest BCUT2D eigenvalue weighted by atomic mass is 9.69. The second-order valence-electron chi connectivity index (χ2n) is 6.62. The highest BCUT2D eigenvalue weighted by Crippen LogP contribution is 2.47. The maximum atomic E-state index is 6.12. The van der Waals surface area contributed by atoms with E-state index < -0.39 is 0 Å². The van der Waals surface area contributed by atoms with Gasteiger partial charge in [-0.05, 0) is 91.3 Å². The van der Waals surface area contributed by atoms with Gasteiger partial charge in [0, 0.05) is 16.2 Å². The van der Waals surface area contributed by atoms with Crippen molar-refractivity contribution in [1.82, 2.24) is 5.32 Å². The van der Waals surface area contributed by atoms with Gasteiger partial charge in [-0.3, -0.25) is 0 Å². The molecule has 1 aliphatic carbocycles. The molecule has 1 spiro atoms. The lowest BCUT2D eigenvalue weighted by molar-refractivity contribution is -0.147. The molecular formula is C18H26INO. The van der Waals surface area contributed by atoms with E-state index in [4.69, 9.17) is 4.74 Å². The zero-order valence-electron chi connectivity index (χ0n) is 12.9. The number of rotatable bonds is 5. The Labute approximate surface area is 142 Å². The number of benzene rings is 1. The fourth-order valence-electron chi connectivity index (χ4n) is 3.83. The average molecular weight is 399 g/mol. The third-order valence-corrected chi connectivity index (χ3v) is 5.76. The monoisotopic (exact) mass is 399 g/mol. The van der Waals surface area contributed by atoms with E-state index in [0.717, 1.165) is 13.2 Å². The third-order valence-electron chi connectivity index (χ3n) is 5.09. The highest BCUT2D eigenvalue weighted by Gasteiger charge is 2.44. The van der Waals surface area contributed by atoms with Crippen molar-refractivity contribution >= 4 is 22.6 Å². The van der Waals surface area contributed by atoms with Gasteiger partial charge >= 0.3 is 0 Å². The molecule has 1 heterocycles. The molecule has 1 aromatic carbocycles. The molecule has 2 unspecified atom stereocenters.